The van der Waals surface area contributed by atoms with Crippen molar-refractivity contribution in [1.82, 2.24) is 10.4 Å². The van der Waals surface area contributed by atoms with E-state index in [1.54, 1.807) is 19.4 Å². The summed E-state index contributed by atoms with van der Waals surface area (Å²) < 4.78 is 19.4. The van der Waals surface area contributed by atoms with Crippen LogP contribution in [0.25, 0.3) is 0 Å². The zero-order chi connectivity index (χ0) is 14.5. The molecule has 0 aliphatic carbocycles. The summed E-state index contributed by atoms with van der Waals surface area (Å²) in [5.41, 5.74) is 4.37. The summed E-state index contributed by atoms with van der Waals surface area (Å²) in [5, 5.41) is 0. The Hall–Kier alpha value is -1.50. The molecule has 1 unspecified atom stereocenters. The van der Waals surface area contributed by atoms with Crippen LogP contribution in [0.4, 0.5) is 4.39 Å². The molecule has 0 spiro atoms. The summed E-state index contributed by atoms with van der Waals surface area (Å²) in [6.07, 6.45) is 2.16. The van der Waals surface area contributed by atoms with Gasteiger partial charge in [-0.15, -0.1) is 0 Å². The van der Waals surface area contributed by atoms with E-state index in [1.165, 1.54) is 12.1 Å². The highest BCUT2D eigenvalue weighted by molar-refractivity contribution is 9.10. The third-order valence-electron chi connectivity index (χ3n) is 3.00. The molecule has 0 saturated carbocycles. The topological polar surface area (TPSA) is 60.2 Å². The van der Waals surface area contributed by atoms with Crippen LogP contribution >= 0.6 is 15.9 Å². The van der Waals surface area contributed by atoms with Gasteiger partial charge in [0.2, 0.25) is 5.88 Å². The maximum Gasteiger partial charge on any atom is 0.217 e. The van der Waals surface area contributed by atoms with Crippen molar-refractivity contribution in [3.05, 3.63) is 57.9 Å². The van der Waals surface area contributed by atoms with E-state index in [0.29, 0.717) is 12.3 Å². The molecule has 0 saturated heterocycles. The number of pyridine rings is 1. The number of methoxy groups -OCH3 is 1. The number of nitrogens with zero attached hydrogens (tertiary/aromatic N) is 1. The highest BCUT2D eigenvalue weighted by Gasteiger charge is 2.17. The van der Waals surface area contributed by atoms with E-state index >= 15 is 0 Å². The third kappa shape index (κ3) is 3.33. The van der Waals surface area contributed by atoms with Crippen LogP contribution in [0.2, 0.25) is 0 Å². The van der Waals surface area contributed by atoms with Crippen molar-refractivity contribution in [2.45, 2.75) is 12.5 Å². The minimum absolute atomic E-state index is 0.225. The number of ether oxygens (including phenoxy) is 1. The molecule has 0 aliphatic heterocycles. The number of benzene rings is 1. The van der Waals surface area contributed by atoms with E-state index in [2.05, 4.69) is 26.3 Å². The Bertz CT molecular complexity index is 594. The van der Waals surface area contributed by atoms with E-state index in [0.717, 1.165) is 15.6 Å². The Labute approximate surface area is 125 Å². The van der Waals surface area contributed by atoms with E-state index in [9.17, 15) is 4.39 Å². The predicted molar refractivity (Wildman–Crippen MR) is 78.7 cm³/mol. The van der Waals surface area contributed by atoms with Crippen molar-refractivity contribution < 1.29 is 9.13 Å². The standard InChI is InChI=1S/C14H15BrFN3O/c1-20-14-11(3-2-6-18-14)13(19-17)8-9-7-10(16)4-5-12(9)15/h2-7,13,19H,8,17H2,1H3. The van der Waals surface area contributed by atoms with Gasteiger partial charge in [0.15, 0.2) is 0 Å². The van der Waals surface area contributed by atoms with E-state index in [4.69, 9.17) is 10.6 Å². The van der Waals surface area contributed by atoms with Crippen LogP contribution in [0.5, 0.6) is 5.88 Å². The molecule has 1 aromatic heterocycles. The second kappa shape index (κ2) is 6.78. The number of nitrogens with two attached hydrogens (primary N) is 1. The van der Waals surface area contributed by atoms with Gasteiger partial charge in [-0.2, -0.15) is 0 Å². The molecule has 1 atom stereocenters. The first-order chi connectivity index (χ1) is 9.65. The summed E-state index contributed by atoms with van der Waals surface area (Å²) in [6, 6.07) is 8.03. The fraction of sp³-hybridized carbons (Fsp3) is 0.214. The highest BCUT2D eigenvalue weighted by Crippen LogP contribution is 2.28. The van der Waals surface area contributed by atoms with Gasteiger partial charge in [-0.25, -0.2) is 9.37 Å². The van der Waals surface area contributed by atoms with Crippen LogP contribution in [-0.2, 0) is 6.42 Å². The average molecular weight is 340 g/mol. The summed E-state index contributed by atoms with van der Waals surface area (Å²) in [4.78, 5) is 4.14. The Morgan fingerprint density at radius 2 is 2.25 bits per heavy atom. The smallest absolute Gasteiger partial charge is 0.217 e. The van der Waals surface area contributed by atoms with Gasteiger partial charge in [-0.1, -0.05) is 22.0 Å². The molecule has 0 fully saturated rings. The van der Waals surface area contributed by atoms with E-state index in [1.807, 2.05) is 12.1 Å². The van der Waals surface area contributed by atoms with Crippen LogP contribution in [0.3, 0.4) is 0 Å². The van der Waals surface area contributed by atoms with Crippen LogP contribution in [0, 0.1) is 5.82 Å². The fourth-order valence-electron chi connectivity index (χ4n) is 2.02. The number of rotatable bonds is 5. The first kappa shape index (κ1) is 14.9. The van der Waals surface area contributed by atoms with Gasteiger partial charge in [0.25, 0.3) is 0 Å². The summed E-state index contributed by atoms with van der Waals surface area (Å²) >= 11 is 3.41. The van der Waals surface area contributed by atoms with Crippen molar-refractivity contribution in [1.29, 1.82) is 0 Å². The van der Waals surface area contributed by atoms with Crippen LogP contribution in [-0.4, -0.2) is 12.1 Å². The van der Waals surface area contributed by atoms with Gasteiger partial charge >= 0.3 is 0 Å². The van der Waals surface area contributed by atoms with Crippen LogP contribution < -0.4 is 16.0 Å². The van der Waals surface area contributed by atoms with Crippen LogP contribution in [0.1, 0.15) is 17.2 Å². The average Bonchev–Trinajstić information content (AvgIpc) is 2.48. The van der Waals surface area contributed by atoms with Gasteiger partial charge in [0, 0.05) is 16.2 Å². The Morgan fingerprint density at radius 1 is 1.45 bits per heavy atom. The number of nitrogens with one attached hydrogen (secondary N) is 1. The van der Waals surface area contributed by atoms with E-state index in [-0.39, 0.29) is 11.9 Å². The molecule has 0 radical (unpaired) electrons. The zero-order valence-corrected chi connectivity index (χ0v) is 12.5. The lowest BCUT2D eigenvalue weighted by molar-refractivity contribution is 0.382. The first-order valence-corrected chi connectivity index (χ1v) is 6.84. The van der Waals surface area contributed by atoms with Crippen LogP contribution in [0.15, 0.2) is 41.0 Å². The molecule has 3 N–H and O–H groups in total. The molecule has 0 amide bonds. The molecule has 0 aliphatic rings. The molecular formula is C14H15BrFN3O. The lowest BCUT2D eigenvalue weighted by atomic mass is 10.00. The Kier molecular flexibility index (Phi) is 5.05. The SMILES string of the molecule is COc1ncccc1C(Cc1cc(F)ccc1Br)NN. The van der Waals surface area contributed by atoms with Crippen molar-refractivity contribution in [2.24, 2.45) is 5.84 Å². The molecule has 1 aromatic carbocycles. The lowest BCUT2D eigenvalue weighted by Gasteiger charge is -2.19. The second-order valence-electron chi connectivity index (χ2n) is 4.26. The van der Waals surface area contributed by atoms with Gasteiger partial charge in [-0.05, 0) is 36.2 Å². The molecule has 1 heterocycles. The zero-order valence-electron chi connectivity index (χ0n) is 10.9. The summed E-state index contributed by atoms with van der Waals surface area (Å²) in [5.74, 6) is 5.84. The predicted octanol–water partition coefficient (Wildman–Crippen LogP) is 2.74. The molecule has 20 heavy (non-hydrogen) atoms. The Balaban J connectivity index is 2.31. The number of hydrogen-bond acceptors (Lipinski definition) is 4. The van der Waals surface area contributed by atoms with Crippen molar-refractivity contribution >= 4 is 15.9 Å². The minimum atomic E-state index is -0.280. The summed E-state index contributed by atoms with van der Waals surface area (Å²) in [7, 11) is 1.55. The molecule has 2 aromatic rings. The van der Waals surface area contributed by atoms with Gasteiger partial charge in [0.1, 0.15) is 5.82 Å². The highest BCUT2D eigenvalue weighted by atomic mass is 79.9. The normalized spacial score (nSPS) is 12.2. The van der Waals surface area contributed by atoms with Gasteiger partial charge in [-0.3, -0.25) is 11.3 Å². The maximum atomic E-state index is 13.3. The quantitative estimate of drug-likeness (QED) is 0.649. The number of hydrogen-bond donors (Lipinski definition) is 2. The van der Waals surface area contributed by atoms with Crippen molar-refractivity contribution in [3.8, 4) is 5.88 Å². The second-order valence-corrected chi connectivity index (χ2v) is 5.12. The molecule has 0 bridgehead atoms. The van der Waals surface area contributed by atoms with Crippen molar-refractivity contribution in [3.63, 3.8) is 0 Å². The largest absolute Gasteiger partial charge is 0.481 e. The number of aromatic nitrogens is 1. The molecule has 106 valence electrons. The van der Waals surface area contributed by atoms with Crippen molar-refractivity contribution in [2.75, 3.05) is 7.11 Å². The third-order valence-corrected chi connectivity index (χ3v) is 3.78. The fourth-order valence-corrected chi connectivity index (χ4v) is 2.43. The minimum Gasteiger partial charge on any atom is -0.481 e. The lowest BCUT2D eigenvalue weighted by Crippen LogP contribution is -2.30. The molecule has 4 nitrogen and oxygen atoms in total. The molecule has 6 heteroatoms. The van der Waals surface area contributed by atoms with Gasteiger partial charge in [0.05, 0.1) is 13.2 Å². The number of halogens is 2. The summed E-state index contributed by atoms with van der Waals surface area (Å²) in [6.45, 7) is 0. The first-order valence-electron chi connectivity index (χ1n) is 6.04. The Morgan fingerprint density at radius 3 is 2.95 bits per heavy atom. The monoisotopic (exact) mass is 339 g/mol. The van der Waals surface area contributed by atoms with Gasteiger partial charge < -0.3 is 4.74 Å². The number of hydrazine groups is 1. The maximum absolute atomic E-state index is 13.3. The van der Waals surface area contributed by atoms with E-state index < -0.39 is 0 Å². The molecule has 2 rings (SSSR count). The molecular weight excluding hydrogens is 325 g/mol.